The summed E-state index contributed by atoms with van der Waals surface area (Å²) in [5.74, 6) is 0.0455. The van der Waals surface area contributed by atoms with Gasteiger partial charge in [0.1, 0.15) is 5.75 Å². The number of phenols is 1. The molecule has 4 nitrogen and oxygen atoms in total. The molecule has 1 heterocycles. The van der Waals surface area contributed by atoms with E-state index in [1.54, 1.807) is 12.1 Å². The maximum absolute atomic E-state index is 12.1. The van der Waals surface area contributed by atoms with Gasteiger partial charge in [0.2, 0.25) is 0 Å². The first kappa shape index (κ1) is 13.4. The van der Waals surface area contributed by atoms with E-state index in [-0.39, 0.29) is 17.2 Å². The van der Waals surface area contributed by atoms with E-state index in [2.05, 4.69) is 21.2 Å². The number of halogens is 1. The van der Waals surface area contributed by atoms with Crippen molar-refractivity contribution < 1.29 is 14.6 Å². The van der Waals surface area contributed by atoms with E-state index in [4.69, 9.17) is 4.74 Å². The molecule has 0 aromatic heterocycles. The van der Waals surface area contributed by atoms with E-state index in [1.165, 1.54) is 12.1 Å². The summed E-state index contributed by atoms with van der Waals surface area (Å²) in [5, 5.41) is 13.0. The van der Waals surface area contributed by atoms with Crippen molar-refractivity contribution in [2.45, 2.75) is 18.4 Å². The molecule has 1 aromatic carbocycles. The number of alkyl halides is 1. The summed E-state index contributed by atoms with van der Waals surface area (Å²) in [6.45, 7) is 1.34. The fourth-order valence-corrected chi connectivity index (χ4v) is 2.68. The van der Waals surface area contributed by atoms with Gasteiger partial charge in [-0.05, 0) is 37.1 Å². The van der Waals surface area contributed by atoms with Gasteiger partial charge in [-0.3, -0.25) is 4.79 Å². The Labute approximate surface area is 114 Å². The van der Waals surface area contributed by atoms with Gasteiger partial charge in [0, 0.05) is 24.1 Å². The maximum atomic E-state index is 12.1. The number of rotatable bonds is 3. The average Bonchev–Trinajstić information content (AvgIpc) is 2.40. The van der Waals surface area contributed by atoms with Crippen LogP contribution in [0.15, 0.2) is 24.3 Å². The summed E-state index contributed by atoms with van der Waals surface area (Å²) in [6.07, 6.45) is 1.62. The van der Waals surface area contributed by atoms with Crippen LogP contribution in [0.4, 0.5) is 0 Å². The molecule has 1 amide bonds. The monoisotopic (exact) mass is 313 g/mol. The summed E-state index contributed by atoms with van der Waals surface area (Å²) in [5.41, 5.74) is 0.326. The average molecular weight is 314 g/mol. The van der Waals surface area contributed by atoms with Gasteiger partial charge in [0.05, 0.1) is 5.54 Å². The maximum Gasteiger partial charge on any atom is 0.251 e. The Balaban J connectivity index is 2.07. The van der Waals surface area contributed by atoms with E-state index in [1.807, 2.05) is 0 Å². The van der Waals surface area contributed by atoms with Crippen LogP contribution in [0, 0.1) is 0 Å². The number of amides is 1. The van der Waals surface area contributed by atoms with Gasteiger partial charge in [-0.25, -0.2) is 0 Å². The molecule has 0 aliphatic carbocycles. The standard InChI is InChI=1S/C13H16BrNO3/c14-9-13(5-7-18-8-6-13)15-12(17)10-1-3-11(16)4-2-10/h1-4,16H,5-9H2,(H,15,17). The van der Waals surface area contributed by atoms with Crippen LogP contribution in [0.2, 0.25) is 0 Å². The van der Waals surface area contributed by atoms with Crippen LogP contribution < -0.4 is 5.32 Å². The van der Waals surface area contributed by atoms with Gasteiger partial charge in [-0.2, -0.15) is 0 Å². The first-order valence-corrected chi connectivity index (χ1v) is 7.03. The van der Waals surface area contributed by atoms with Crippen LogP contribution in [0.1, 0.15) is 23.2 Å². The quantitative estimate of drug-likeness (QED) is 0.840. The van der Waals surface area contributed by atoms with Crippen LogP contribution in [0.3, 0.4) is 0 Å². The fraction of sp³-hybridized carbons (Fsp3) is 0.462. The Morgan fingerprint density at radius 3 is 2.50 bits per heavy atom. The smallest absolute Gasteiger partial charge is 0.251 e. The zero-order valence-corrected chi connectivity index (χ0v) is 11.6. The SMILES string of the molecule is O=C(NC1(CBr)CCOCC1)c1ccc(O)cc1. The predicted molar refractivity (Wildman–Crippen MR) is 72.2 cm³/mol. The normalized spacial score (nSPS) is 18.3. The van der Waals surface area contributed by atoms with Crippen molar-refractivity contribution >= 4 is 21.8 Å². The molecule has 0 bridgehead atoms. The van der Waals surface area contributed by atoms with Crippen molar-refractivity contribution in [1.82, 2.24) is 5.32 Å². The Morgan fingerprint density at radius 1 is 1.33 bits per heavy atom. The van der Waals surface area contributed by atoms with Gasteiger partial charge in [-0.15, -0.1) is 0 Å². The molecule has 0 saturated carbocycles. The lowest BCUT2D eigenvalue weighted by atomic mass is 9.92. The number of hydrogen-bond donors (Lipinski definition) is 2. The molecule has 0 spiro atoms. The molecule has 1 saturated heterocycles. The molecule has 1 aromatic rings. The molecule has 2 N–H and O–H groups in total. The molecule has 98 valence electrons. The highest BCUT2D eigenvalue weighted by molar-refractivity contribution is 9.09. The molecule has 0 atom stereocenters. The number of hydrogen-bond acceptors (Lipinski definition) is 3. The lowest BCUT2D eigenvalue weighted by molar-refractivity contribution is 0.0442. The molecule has 18 heavy (non-hydrogen) atoms. The number of carbonyl (C=O) groups excluding carboxylic acids is 1. The van der Waals surface area contributed by atoms with Gasteiger partial charge >= 0.3 is 0 Å². The van der Waals surface area contributed by atoms with Crippen molar-refractivity contribution in [3.05, 3.63) is 29.8 Å². The Kier molecular flexibility index (Phi) is 4.24. The third kappa shape index (κ3) is 3.03. The molecular formula is C13H16BrNO3. The first-order valence-electron chi connectivity index (χ1n) is 5.90. The van der Waals surface area contributed by atoms with Gasteiger partial charge in [0.25, 0.3) is 5.91 Å². The van der Waals surface area contributed by atoms with E-state index in [9.17, 15) is 9.90 Å². The van der Waals surface area contributed by atoms with Crippen molar-refractivity contribution in [2.24, 2.45) is 0 Å². The number of aromatic hydroxyl groups is 1. The predicted octanol–water partition coefficient (Wildman–Crippen LogP) is 2.07. The molecule has 1 aliphatic rings. The molecule has 0 unspecified atom stereocenters. The first-order chi connectivity index (χ1) is 8.65. The minimum Gasteiger partial charge on any atom is -0.508 e. The topological polar surface area (TPSA) is 58.6 Å². The number of benzene rings is 1. The summed E-state index contributed by atoms with van der Waals surface area (Å²) in [7, 11) is 0. The number of ether oxygens (including phenoxy) is 1. The number of phenolic OH excluding ortho intramolecular Hbond substituents is 1. The fourth-order valence-electron chi connectivity index (χ4n) is 1.98. The van der Waals surface area contributed by atoms with Gasteiger partial charge in [0.15, 0.2) is 0 Å². The number of carbonyl (C=O) groups is 1. The van der Waals surface area contributed by atoms with Crippen molar-refractivity contribution in [3.8, 4) is 5.75 Å². The highest BCUT2D eigenvalue weighted by atomic mass is 79.9. The van der Waals surface area contributed by atoms with E-state index in [0.717, 1.165) is 12.8 Å². The largest absolute Gasteiger partial charge is 0.508 e. The minimum absolute atomic E-state index is 0.114. The summed E-state index contributed by atoms with van der Waals surface area (Å²) in [4.78, 5) is 12.1. The second-order valence-corrected chi connectivity index (χ2v) is 5.09. The van der Waals surface area contributed by atoms with Crippen molar-refractivity contribution in [1.29, 1.82) is 0 Å². The third-order valence-corrected chi connectivity index (χ3v) is 4.29. The molecule has 0 radical (unpaired) electrons. The van der Waals surface area contributed by atoms with E-state index in [0.29, 0.717) is 24.1 Å². The molecule has 2 rings (SSSR count). The van der Waals surface area contributed by atoms with Crippen LogP contribution in [-0.4, -0.2) is 35.1 Å². The van der Waals surface area contributed by atoms with Gasteiger partial charge < -0.3 is 15.2 Å². The van der Waals surface area contributed by atoms with E-state index >= 15 is 0 Å². The zero-order chi connectivity index (χ0) is 13.0. The summed E-state index contributed by atoms with van der Waals surface area (Å²) < 4.78 is 5.32. The lowest BCUT2D eigenvalue weighted by Crippen LogP contribution is -2.53. The summed E-state index contributed by atoms with van der Waals surface area (Å²) in [6, 6.07) is 6.26. The lowest BCUT2D eigenvalue weighted by Gasteiger charge is -2.36. The van der Waals surface area contributed by atoms with Crippen molar-refractivity contribution in [3.63, 3.8) is 0 Å². The Hall–Kier alpha value is -1.07. The van der Waals surface area contributed by atoms with Crippen LogP contribution >= 0.6 is 15.9 Å². The Bertz CT molecular complexity index is 413. The molecular weight excluding hydrogens is 298 g/mol. The van der Waals surface area contributed by atoms with E-state index < -0.39 is 0 Å². The zero-order valence-electron chi connectivity index (χ0n) is 9.99. The summed E-state index contributed by atoms with van der Waals surface area (Å²) >= 11 is 3.47. The molecule has 5 heteroatoms. The molecule has 1 fully saturated rings. The second kappa shape index (κ2) is 5.71. The molecule has 1 aliphatic heterocycles. The van der Waals surface area contributed by atoms with Gasteiger partial charge in [-0.1, -0.05) is 15.9 Å². The highest BCUT2D eigenvalue weighted by Gasteiger charge is 2.33. The van der Waals surface area contributed by atoms with Crippen LogP contribution in [0.5, 0.6) is 5.75 Å². The highest BCUT2D eigenvalue weighted by Crippen LogP contribution is 2.23. The number of nitrogens with one attached hydrogen (secondary N) is 1. The minimum atomic E-state index is -0.229. The third-order valence-electron chi connectivity index (χ3n) is 3.21. The van der Waals surface area contributed by atoms with Crippen LogP contribution in [-0.2, 0) is 4.74 Å². The van der Waals surface area contributed by atoms with Crippen molar-refractivity contribution in [2.75, 3.05) is 18.5 Å². The second-order valence-electron chi connectivity index (χ2n) is 4.53. The Morgan fingerprint density at radius 2 is 1.94 bits per heavy atom. The van der Waals surface area contributed by atoms with Crippen LogP contribution in [0.25, 0.3) is 0 Å².